The van der Waals surface area contributed by atoms with E-state index in [1.165, 1.54) is 0 Å². The predicted octanol–water partition coefficient (Wildman–Crippen LogP) is 2.33. The fraction of sp³-hybridized carbons (Fsp3) is 0.600. The summed E-state index contributed by atoms with van der Waals surface area (Å²) in [6.07, 6.45) is 6.44. The van der Waals surface area contributed by atoms with Gasteiger partial charge in [-0.2, -0.15) is 0 Å². The summed E-state index contributed by atoms with van der Waals surface area (Å²) in [5, 5.41) is 0. The quantitative estimate of drug-likeness (QED) is 0.447. The van der Waals surface area contributed by atoms with Crippen molar-refractivity contribution in [3.05, 3.63) is 25.3 Å². The van der Waals surface area contributed by atoms with Crippen LogP contribution in [0.2, 0.25) is 0 Å². The van der Waals surface area contributed by atoms with Gasteiger partial charge in [0.1, 0.15) is 9.84 Å². The van der Waals surface area contributed by atoms with Crippen molar-refractivity contribution >= 4 is 9.84 Å². The molecule has 3 heteroatoms. The summed E-state index contributed by atoms with van der Waals surface area (Å²) in [7, 11) is -2.82. The molecule has 0 spiro atoms. The van der Waals surface area contributed by atoms with Crippen LogP contribution in [0.4, 0.5) is 0 Å². The van der Waals surface area contributed by atoms with E-state index in [4.69, 9.17) is 0 Å². The zero-order valence-electron chi connectivity index (χ0n) is 8.04. The molecule has 0 saturated carbocycles. The lowest BCUT2D eigenvalue weighted by atomic mass is 10.3. The first-order chi connectivity index (χ1) is 6.12. The second-order valence-electron chi connectivity index (χ2n) is 3.01. The van der Waals surface area contributed by atoms with Crippen LogP contribution < -0.4 is 0 Å². The van der Waals surface area contributed by atoms with Crippen molar-refractivity contribution in [3.8, 4) is 0 Å². The van der Waals surface area contributed by atoms with Gasteiger partial charge in [-0.1, -0.05) is 12.2 Å². The lowest BCUT2D eigenvalue weighted by molar-refractivity contribution is 0.591. The Morgan fingerprint density at radius 1 is 0.923 bits per heavy atom. The minimum Gasteiger partial charge on any atom is -0.229 e. The number of hydrogen-bond donors (Lipinski definition) is 0. The molecule has 0 saturated heterocycles. The summed E-state index contributed by atoms with van der Waals surface area (Å²) >= 11 is 0. The van der Waals surface area contributed by atoms with E-state index in [-0.39, 0.29) is 11.5 Å². The van der Waals surface area contributed by atoms with Crippen LogP contribution in [0.3, 0.4) is 0 Å². The van der Waals surface area contributed by atoms with E-state index in [1.807, 2.05) is 0 Å². The Bertz CT molecular complexity index is 220. The highest BCUT2D eigenvalue weighted by Crippen LogP contribution is 2.02. The van der Waals surface area contributed by atoms with Crippen LogP contribution in [-0.2, 0) is 9.84 Å². The Balaban J connectivity index is 3.67. The Labute approximate surface area is 81.3 Å². The van der Waals surface area contributed by atoms with Gasteiger partial charge in [0.15, 0.2) is 0 Å². The van der Waals surface area contributed by atoms with Gasteiger partial charge < -0.3 is 0 Å². The van der Waals surface area contributed by atoms with E-state index in [0.29, 0.717) is 12.8 Å². The molecule has 0 N–H and O–H groups in total. The van der Waals surface area contributed by atoms with Gasteiger partial charge >= 0.3 is 0 Å². The number of hydrogen-bond acceptors (Lipinski definition) is 2. The van der Waals surface area contributed by atoms with E-state index in [0.717, 1.165) is 12.8 Å². The molecule has 0 heterocycles. The maximum atomic E-state index is 11.3. The highest BCUT2D eigenvalue weighted by atomic mass is 32.2. The van der Waals surface area contributed by atoms with Gasteiger partial charge in [-0.25, -0.2) is 8.42 Å². The van der Waals surface area contributed by atoms with Crippen molar-refractivity contribution in [2.75, 3.05) is 11.5 Å². The lowest BCUT2D eigenvalue weighted by Crippen LogP contribution is -2.10. The largest absolute Gasteiger partial charge is 0.229 e. The second-order valence-corrected chi connectivity index (χ2v) is 5.32. The molecule has 0 aromatic carbocycles. The standard InChI is InChI=1S/C10H18O2S/c1-3-5-7-9-13(11,12)10-8-6-4-2/h3-4H,1-2,5-10H2. The van der Waals surface area contributed by atoms with Crippen LogP contribution in [0.25, 0.3) is 0 Å². The summed E-state index contributed by atoms with van der Waals surface area (Å²) in [6.45, 7) is 7.10. The van der Waals surface area contributed by atoms with Crippen LogP contribution >= 0.6 is 0 Å². The molecule has 0 amide bonds. The summed E-state index contributed by atoms with van der Waals surface area (Å²) in [6, 6.07) is 0. The van der Waals surface area contributed by atoms with Gasteiger partial charge in [0.05, 0.1) is 11.5 Å². The Morgan fingerprint density at radius 2 is 1.31 bits per heavy atom. The Kier molecular flexibility index (Phi) is 6.59. The minimum atomic E-state index is -2.82. The normalized spacial score (nSPS) is 11.1. The molecule has 0 unspecified atom stereocenters. The van der Waals surface area contributed by atoms with Gasteiger partial charge in [0.2, 0.25) is 0 Å². The summed E-state index contributed by atoms with van der Waals surface area (Å²) in [4.78, 5) is 0. The van der Waals surface area contributed by atoms with Crippen LogP contribution in [0.1, 0.15) is 25.7 Å². The first-order valence-corrected chi connectivity index (χ1v) is 6.37. The smallest absolute Gasteiger partial charge is 0.150 e. The molecule has 0 bridgehead atoms. The van der Waals surface area contributed by atoms with E-state index in [1.54, 1.807) is 12.2 Å². The van der Waals surface area contributed by atoms with Gasteiger partial charge in [-0.05, 0) is 25.7 Å². The van der Waals surface area contributed by atoms with Crippen LogP contribution in [0.15, 0.2) is 25.3 Å². The SMILES string of the molecule is C=CCCCS(=O)(=O)CCCC=C. The minimum absolute atomic E-state index is 0.288. The van der Waals surface area contributed by atoms with Crippen LogP contribution in [0, 0.1) is 0 Å². The zero-order valence-corrected chi connectivity index (χ0v) is 8.85. The first-order valence-electron chi connectivity index (χ1n) is 4.54. The highest BCUT2D eigenvalue weighted by Gasteiger charge is 2.08. The average molecular weight is 202 g/mol. The topological polar surface area (TPSA) is 34.1 Å². The van der Waals surface area contributed by atoms with Crippen LogP contribution in [0.5, 0.6) is 0 Å². The highest BCUT2D eigenvalue weighted by molar-refractivity contribution is 7.91. The monoisotopic (exact) mass is 202 g/mol. The van der Waals surface area contributed by atoms with Gasteiger partial charge in [0.25, 0.3) is 0 Å². The molecule has 0 aromatic heterocycles. The maximum absolute atomic E-state index is 11.3. The van der Waals surface area contributed by atoms with Crippen molar-refractivity contribution < 1.29 is 8.42 Å². The molecule has 0 radical (unpaired) electrons. The summed E-state index contributed by atoms with van der Waals surface area (Å²) in [5.41, 5.74) is 0. The molecule has 2 nitrogen and oxygen atoms in total. The second kappa shape index (κ2) is 6.89. The lowest BCUT2D eigenvalue weighted by Gasteiger charge is -2.01. The zero-order chi connectivity index (χ0) is 10.2. The maximum Gasteiger partial charge on any atom is 0.150 e. The molecular weight excluding hydrogens is 184 g/mol. The summed E-state index contributed by atoms with van der Waals surface area (Å²) < 4.78 is 22.6. The molecule has 0 aliphatic carbocycles. The molecule has 0 aliphatic heterocycles. The number of sulfone groups is 1. The first kappa shape index (κ1) is 12.4. The van der Waals surface area contributed by atoms with Gasteiger partial charge in [0, 0.05) is 0 Å². The van der Waals surface area contributed by atoms with Gasteiger partial charge in [-0.15, -0.1) is 13.2 Å². The fourth-order valence-corrected chi connectivity index (χ4v) is 2.41. The predicted molar refractivity (Wildman–Crippen MR) is 57.5 cm³/mol. The fourth-order valence-electron chi connectivity index (χ4n) is 0.997. The van der Waals surface area contributed by atoms with Crippen molar-refractivity contribution in [1.82, 2.24) is 0 Å². The van der Waals surface area contributed by atoms with E-state index >= 15 is 0 Å². The molecule has 0 aliphatic rings. The third-order valence-corrected chi connectivity index (χ3v) is 3.55. The van der Waals surface area contributed by atoms with Crippen molar-refractivity contribution in [1.29, 1.82) is 0 Å². The Morgan fingerprint density at radius 3 is 1.62 bits per heavy atom. The molecule has 0 fully saturated rings. The molecule has 13 heavy (non-hydrogen) atoms. The molecule has 0 rings (SSSR count). The van der Waals surface area contributed by atoms with E-state index < -0.39 is 9.84 Å². The van der Waals surface area contributed by atoms with Crippen molar-refractivity contribution in [3.63, 3.8) is 0 Å². The third kappa shape index (κ3) is 7.78. The van der Waals surface area contributed by atoms with E-state index in [9.17, 15) is 8.42 Å². The van der Waals surface area contributed by atoms with Crippen LogP contribution in [-0.4, -0.2) is 19.9 Å². The molecule has 76 valence electrons. The molecule has 0 aromatic rings. The van der Waals surface area contributed by atoms with Gasteiger partial charge in [-0.3, -0.25) is 0 Å². The number of rotatable bonds is 8. The van der Waals surface area contributed by atoms with E-state index in [2.05, 4.69) is 13.2 Å². The average Bonchev–Trinajstić information content (AvgIpc) is 2.05. The summed E-state index contributed by atoms with van der Waals surface area (Å²) in [5.74, 6) is 0.576. The Hall–Kier alpha value is -0.570. The third-order valence-electron chi connectivity index (χ3n) is 1.73. The molecule has 0 atom stereocenters. The number of allylic oxidation sites excluding steroid dienone is 2. The van der Waals surface area contributed by atoms with Crippen molar-refractivity contribution in [2.45, 2.75) is 25.7 Å². The molecular formula is C10H18O2S. The van der Waals surface area contributed by atoms with Crippen molar-refractivity contribution in [2.24, 2.45) is 0 Å². The number of unbranched alkanes of at least 4 members (excludes halogenated alkanes) is 2.